The van der Waals surface area contributed by atoms with Crippen LogP contribution in [0, 0.1) is 0 Å². The van der Waals surface area contributed by atoms with Gasteiger partial charge in [0.25, 0.3) is 0 Å². The maximum atomic E-state index is 11.8. The van der Waals surface area contributed by atoms with Gasteiger partial charge in [-0.05, 0) is 24.5 Å². The van der Waals surface area contributed by atoms with E-state index >= 15 is 0 Å². The number of nitrogens with one attached hydrogen (secondary N) is 2. The van der Waals surface area contributed by atoms with Crippen molar-refractivity contribution in [3.8, 4) is 0 Å². The van der Waals surface area contributed by atoms with E-state index in [0.29, 0.717) is 6.54 Å². The molecule has 4 nitrogen and oxygen atoms in total. The largest absolute Gasteiger partial charge is 0.355 e. The summed E-state index contributed by atoms with van der Waals surface area (Å²) in [6.45, 7) is 4.32. The van der Waals surface area contributed by atoms with Crippen LogP contribution < -0.4 is 10.6 Å². The molecule has 1 aromatic rings. The van der Waals surface area contributed by atoms with Gasteiger partial charge in [-0.1, -0.05) is 48.0 Å². The highest BCUT2D eigenvalue weighted by Crippen LogP contribution is 2.15. The second kappa shape index (κ2) is 8.74. The summed E-state index contributed by atoms with van der Waals surface area (Å²) in [6.07, 6.45) is 1.87. The first-order chi connectivity index (χ1) is 9.58. The summed E-state index contributed by atoms with van der Waals surface area (Å²) in [5, 5.41) is 5.61. The molecule has 0 aliphatic carbocycles. The second-order valence-electron chi connectivity index (χ2n) is 4.48. The standard InChI is InChI=1S/C15H21BrN2O2/c1-3-11-7-5-6-8-13(11)18-14(19)9-10-17-15(20)12(16)4-2/h5-8,12H,3-4,9-10H2,1-2H3,(H,17,20)(H,18,19)/t12-/m1/s1. The van der Waals surface area contributed by atoms with Crippen LogP contribution in [0.3, 0.4) is 0 Å². The Hall–Kier alpha value is -1.36. The molecule has 0 saturated heterocycles. The Kier molecular flexibility index (Phi) is 7.30. The molecule has 1 aromatic carbocycles. The summed E-state index contributed by atoms with van der Waals surface area (Å²) in [6, 6.07) is 7.73. The van der Waals surface area contributed by atoms with Crippen LogP contribution in [0.15, 0.2) is 24.3 Å². The number of halogens is 1. The smallest absolute Gasteiger partial charge is 0.233 e. The number of para-hydroxylation sites is 1. The fourth-order valence-corrected chi connectivity index (χ4v) is 1.92. The van der Waals surface area contributed by atoms with Gasteiger partial charge in [-0.25, -0.2) is 0 Å². The first kappa shape index (κ1) is 16.7. The molecule has 0 heterocycles. The number of benzene rings is 1. The van der Waals surface area contributed by atoms with Gasteiger partial charge < -0.3 is 10.6 Å². The average Bonchev–Trinajstić information content (AvgIpc) is 2.46. The summed E-state index contributed by atoms with van der Waals surface area (Å²) in [4.78, 5) is 23.2. The molecule has 5 heteroatoms. The number of anilines is 1. The van der Waals surface area contributed by atoms with E-state index in [2.05, 4.69) is 26.6 Å². The molecular weight excluding hydrogens is 320 g/mol. The number of carbonyl (C=O) groups is 2. The number of alkyl halides is 1. The number of aryl methyl sites for hydroxylation is 1. The van der Waals surface area contributed by atoms with E-state index in [1.54, 1.807) is 0 Å². The van der Waals surface area contributed by atoms with Crippen LogP contribution in [0.1, 0.15) is 32.3 Å². The first-order valence-corrected chi connectivity index (χ1v) is 7.79. The zero-order valence-electron chi connectivity index (χ0n) is 11.9. The molecule has 0 spiro atoms. The van der Waals surface area contributed by atoms with E-state index in [1.807, 2.05) is 38.1 Å². The van der Waals surface area contributed by atoms with Gasteiger partial charge in [0.15, 0.2) is 0 Å². The minimum atomic E-state index is -0.189. The lowest BCUT2D eigenvalue weighted by atomic mass is 10.1. The van der Waals surface area contributed by atoms with Gasteiger partial charge in [-0.15, -0.1) is 0 Å². The Morgan fingerprint density at radius 1 is 1.25 bits per heavy atom. The maximum absolute atomic E-state index is 11.8. The minimum absolute atomic E-state index is 0.0748. The van der Waals surface area contributed by atoms with Gasteiger partial charge >= 0.3 is 0 Å². The van der Waals surface area contributed by atoms with E-state index in [4.69, 9.17) is 0 Å². The van der Waals surface area contributed by atoms with Crippen molar-refractivity contribution in [3.63, 3.8) is 0 Å². The molecule has 0 radical (unpaired) electrons. The number of hydrogen-bond donors (Lipinski definition) is 2. The summed E-state index contributed by atoms with van der Waals surface area (Å²) in [5.74, 6) is -0.164. The van der Waals surface area contributed by atoms with E-state index in [-0.39, 0.29) is 23.1 Å². The summed E-state index contributed by atoms with van der Waals surface area (Å²) in [7, 11) is 0. The van der Waals surface area contributed by atoms with Crippen LogP contribution in [-0.4, -0.2) is 23.2 Å². The Bertz CT molecular complexity index is 463. The summed E-state index contributed by atoms with van der Waals surface area (Å²) in [5.41, 5.74) is 1.95. The van der Waals surface area contributed by atoms with Gasteiger partial charge in [0.1, 0.15) is 0 Å². The van der Waals surface area contributed by atoms with Gasteiger partial charge in [-0.3, -0.25) is 9.59 Å². The topological polar surface area (TPSA) is 58.2 Å². The normalized spacial score (nSPS) is 11.8. The quantitative estimate of drug-likeness (QED) is 0.750. The van der Waals surface area contributed by atoms with Crippen LogP contribution in [0.5, 0.6) is 0 Å². The fourth-order valence-electron chi connectivity index (χ4n) is 1.76. The van der Waals surface area contributed by atoms with Crippen molar-refractivity contribution >= 4 is 33.4 Å². The monoisotopic (exact) mass is 340 g/mol. The molecule has 0 unspecified atom stereocenters. The third kappa shape index (κ3) is 5.33. The van der Waals surface area contributed by atoms with Crippen LogP contribution in [0.2, 0.25) is 0 Å². The molecule has 2 amide bonds. The van der Waals surface area contributed by atoms with Crippen molar-refractivity contribution in [2.45, 2.75) is 37.9 Å². The number of amides is 2. The molecule has 0 aromatic heterocycles. The molecule has 0 aliphatic rings. The maximum Gasteiger partial charge on any atom is 0.233 e. The van der Waals surface area contributed by atoms with Crippen molar-refractivity contribution in [3.05, 3.63) is 29.8 Å². The molecule has 0 bridgehead atoms. The minimum Gasteiger partial charge on any atom is -0.355 e. The van der Waals surface area contributed by atoms with Crippen molar-refractivity contribution in [1.82, 2.24) is 5.32 Å². The predicted molar refractivity (Wildman–Crippen MR) is 85.1 cm³/mol. The highest BCUT2D eigenvalue weighted by Gasteiger charge is 2.12. The van der Waals surface area contributed by atoms with Crippen molar-refractivity contribution < 1.29 is 9.59 Å². The average molecular weight is 341 g/mol. The predicted octanol–water partition coefficient (Wildman–Crippen LogP) is 2.87. The van der Waals surface area contributed by atoms with E-state index in [9.17, 15) is 9.59 Å². The third-order valence-electron chi connectivity index (χ3n) is 2.97. The van der Waals surface area contributed by atoms with Crippen LogP contribution in [-0.2, 0) is 16.0 Å². The van der Waals surface area contributed by atoms with Gasteiger partial charge in [-0.2, -0.15) is 0 Å². The molecule has 1 rings (SSSR count). The van der Waals surface area contributed by atoms with Gasteiger partial charge in [0.05, 0.1) is 4.83 Å². The van der Waals surface area contributed by atoms with E-state index in [0.717, 1.165) is 24.1 Å². The Balaban J connectivity index is 2.39. The van der Waals surface area contributed by atoms with Crippen LogP contribution in [0.4, 0.5) is 5.69 Å². The van der Waals surface area contributed by atoms with Gasteiger partial charge in [0, 0.05) is 18.7 Å². The summed E-state index contributed by atoms with van der Waals surface area (Å²) >= 11 is 3.27. The highest BCUT2D eigenvalue weighted by molar-refractivity contribution is 9.10. The van der Waals surface area contributed by atoms with Gasteiger partial charge in [0.2, 0.25) is 11.8 Å². The third-order valence-corrected chi connectivity index (χ3v) is 4.03. The lowest BCUT2D eigenvalue weighted by molar-refractivity contribution is -0.120. The summed E-state index contributed by atoms with van der Waals surface area (Å²) < 4.78 is 0. The molecule has 1 atom stereocenters. The molecule has 0 saturated carbocycles. The lowest BCUT2D eigenvalue weighted by Crippen LogP contribution is -2.33. The molecule has 2 N–H and O–H groups in total. The molecule has 20 heavy (non-hydrogen) atoms. The zero-order valence-corrected chi connectivity index (χ0v) is 13.5. The van der Waals surface area contributed by atoms with E-state index in [1.165, 1.54) is 0 Å². The van der Waals surface area contributed by atoms with Crippen LogP contribution in [0.25, 0.3) is 0 Å². The number of carbonyl (C=O) groups excluding carboxylic acids is 2. The Morgan fingerprint density at radius 2 is 1.95 bits per heavy atom. The molecule has 110 valence electrons. The number of rotatable bonds is 7. The van der Waals surface area contributed by atoms with Crippen molar-refractivity contribution in [2.75, 3.05) is 11.9 Å². The second-order valence-corrected chi connectivity index (χ2v) is 5.58. The van der Waals surface area contributed by atoms with Crippen molar-refractivity contribution in [1.29, 1.82) is 0 Å². The molecule has 0 fully saturated rings. The molecular formula is C15H21BrN2O2. The SMILES string of the molecule is CCc1ccccc1NC(=O)CCNC(=O)[C@H](Br)CC. The Labute approximate surface area is 128 Å². The number of hydrogen-bond acceptors (Lipinski definition) is 2. The first-order valence-electron chi connectivity index (χ1n) is 6.88. The zero-order chi connectivity index (χ0) is 15.0. The lowest BCUT2D eigenvalue weighted by Gasteiger charge is -2.11. The Morgan fingerprint density at radius 3 is 2.60 bits per heavy atom. The fraction of sp³-hybridized carbons (Fsp3) is 0.467. The molecule has 0 aliphatic heterocycles. The van der Waals surface area contributed by atoms with Crippen LogP contribution >= 0.6 is 15.9 Å². The van der Waals surface area contributed by atoms with Crippen molar-refractivity contribution in [2.24, 2.45) is 0 Å². The highest BCUT2D eigenvalue weighted by atomic mass is 79.9. The van der Waals surface area contributed by atoms with E-state index < -0.39 is 0 Å².